The lowest BCUT2D eigenvalue weighted by Crippen LogP contribution is -2.50. The minimum atomic E-state index is -1.82. The Hall–Kier alpha value is -3.59. The van der Waals surface area contributed by atoms with Crippen LogP contribution >= 0.6 is 0 Å². The summed E-state index contributed by atoms with van der Waals surface area (Å²) in [6, 6.07) is 17.9. The number of piperazine rings is 1. The first kappa shape index (κ1) is 25.7. The van der Waals surface area contributed by atoms with Crippen molar-refractivity contribution < 1.29 is 34.1 Å². The third-order valence-corrected chi connectivity index (χ3v) is 5.11. The fourth-order valence-electron chi connectivity index (χ4n) is 3.28. The molecule has 3 rings (SSSR count). The number of hydrogen-bond donors (Lipinski definition) is 2. The number of aliphatic carboxylic acids is 2. The third-order valence-electron chi connectivity index (χ3n) is 5.11. The van der Waals surface area contributed by atoms with Gasteiger partial charge < -0.3 is 24.6 Å². The van der Waals surface area contributed by atoms with E-state index >= 15 is 0 Å². The first-order chi connectivity index (χ1) is 15.9. The lowest BCUT2D eigenvalue weighted by molar-refractivity contribution is -0.159. The molecule has 2 aromatic rings. The number of benzene rings is 2. The smallest absolute Gasteiger partial charge is 0.414 e. The zero-order valence-corrected chi connectivity index (χ0v) is 18.7. The second-order valence-corrected chi connectivity index (χ2v) is 7.39. The number of carbonyl (C=O) groups is 3. The Bertz CT molecular complexity index is 867. The summed E-state index contributed by atoms with van der Waals surface area (Å²) in [6.07, 6.45) is 2.26. The van der Waals surface area contributed by atoms with Crippen LogP contribution in [0.3, 0.4) is 0 Å². The molecule has 0 aromatic heterocycles. The molecule has 1 saturated heterocycles. The average molecular weight is 459 g/mol. The molecule has 0 radical (unpaired) electrons. The van der Waals surface area contributed by atoms with Crippen molar-refractivity contribution in [1.82, 2.24) is 9.80 Å². The maximum atomic E-state index is 12.4. The van der Waals surface area contributed by atoms with Gasteiger partial charge >= 0.3 is 11.9 Å². The van der Waals surface area contributed by atoms with E-state index in [1.807, 2.05) is 29.2 Å². The lowest BCUT2D eigenvalue weighted by Gasteiger charge is -2.34. The monoisotopic (exact) mass is 458 g/mol. The van der Waals surface area contributed by atoms with Crippen LogP contribution in [-0.2, 0) is 20.8 Å². The number of carboxylic acids is 2. The first-order valence-electron chi connectivity index (χ1n) is 10.7. The summed E-state index contributed by atoms with van der Waals surface area (Å²) < 4.78 is 10.7. The standard InChI is InChI=1S/C22H28N2O3.C2H2O4/c1-26-20-9-11-21(12-10-20)27-18-22(25)24-16-14-23(15-17-24)13-5-8-19-6-3-2-4-7-19;3-1(4)2(5)6/h2-4,6-7,9-12H,5,8,13-18H2,1H3;(H,3,4)(H,5,6). The third kappa shape index (κ3) is 9.61. The fourth-order valence-corrected chi connectivity index (χ4v) is 3.28. The van der Waals surface area contributed by atoms with E-state index in [4.69, 9.17) is 29.3 Å². The van der Waals surface area contributed by atoms with Crippen LogP contribution in [0.5, 0.6) is 11.5 Å². The van der Waals surface area contributed by atoms with E-state index in [0.717, 1.165) is 51.3 Å². The molecule has 1 amide bonds. The molecule has 1 aliphatic rings. The molecule has 33 heavy (non-hydrogen) atoms. The first-order valence-corrected chi connectivity index (χ1v) is 10.7. The Morgan fingerprint density at radius 2 is 1.42 bits per heavy atom. The molecule has 9 heteroatoms. The molecule has 2 N–H and O–H groups in total. The van der Waals surface area contributed by atoms with Crippen LogP contribution in [0.15, 0.2) is 54.6 Å². The Balaban J connectivity index is 0.000000569. The molecule has 1 aliphatic heterocycles. The molecule has 0 aliphatic carbocycles. The van der Waals surface area contributed by atoms with Gasteiger partial charge in [0.05, 0.1) is 7.11 Å². The molecule has 178 valence electrons. The quantitative estimate of drug-likeness (QED) is 0.577. The average Bonchev–Trinajstić information content (AvgIpc) is 2.84. The maximum Gasteiger partial charge on any atom is 0.414 e. The van der Waals surface area contributed by atoms with Crippen LogP contribution in [-0.4, -0.2) is 84.3 Å². The van der Waals surface area contributed by atoms with Crippen LogP contribution in [0.4, 0.5) is 0 Å². The SMILES string of the molecule is COc1ccc(OCC(=O)N2CCN(CCCc3ccccc3)CC2)cc1.O=C(O)C(=O)O. The molecular weight excluding hydrogens is 428 g/mol. The van der Waals surface area contributed by atoms with Crippen molar-refractivity contribution in [2.24, 2.45) is 0 Å². The van der Waals surface area contributed by atoms with E-state index in [0.29, 0.717) is 5.75 Å². The Morgan fingerprint density at radius 3 is 1.97 bits per heavy atom. The predicted molar refractivity (Wildman–Crippen MR) is 122 cm³/mol. The van der Waals surface area contributed by atoms with Crippen LogP contribution in [0, 0.1) is 0 Å². The Labute approximate surface area is 193 Å². The summed E-state index contributed by atoms with van der Waals surface area (Å²) in [5.74, 6) is -2.14. The largest absolute Gasteiger partial charge is 0.497 e. The van der Waals surface area contributed by atoms with E-state index < -0.39 is 11.9 Å². The highest BCUT2D eigenvalue weighted by atomic mass is 16.5. The van der Waals surface area contributed by atoms with Crippen molar-refractivity contribution in [3.63, 3.8) is 0 Å². The predicted octanol–water partition coefficient (Wildman–Crippen LogP) is 2.01. The number of hydrogen-bond acceptors (Lipinski definition) is 6. The zero-order chi connectivity index (χ0) is 24.1. The van der Waals surface area contributed by atoms with E-state index in [1.165, 1.54) is 5.56 Å². The number of carboxylic acid groups (broad SMARTS) is 2. The molecule has 0 bridgehead atoms. The number of amides is 1. The van der Waals surface area contributed by atoms with E-state index in [9.17, 15) is 4.79 Å². The molecule has 9 nitrogen and oxygen atoms in total. The Morgan fingerprint density at radius 1 is 0.848 bits per heavy atom. The molecule has 0 atom stereocenters. The van der Waals surface area contributed by atoms with Gasteiger partial charge in [-0.2, -0.15) is 0 Å². The molecule has 2 aromatic carbocycles. The van der Waals surface area contributed by atoms with Crippen LogP contribution in [0.1, 0.15) is 12.0 Å². The highest BCUT2D eigenvalue weighted by Crippen LogP contribution is 2.17. The maximum absolute atomic E-state index is 12.4. The van der Waals surface area contributed by atoms with Crippen molar-refractivity contribution in [2.75, 3.05) is 46.4 Å². The summed E-state index contributed by atoms with van der Waals surface area (Å²) in [6.45, 7) is 4.58. The number of nitrogens with zero attached hydrogens (tertiary/aromatic N) is 2. The van der Waals surface area contributed by atoms with E-state index in [1.54, 1.807) is 7.11 Å². The van der Waals surface area contributed by atoms with E-state index in [2.05, 4.69) is 35.2 Å². The van der Waals surface area contributed by atoms with E-state index in [-0.39, 0.29) is 12.5 Å². The summed E-state index contributed by atoms with van der Waals surface area (Å²) in [7, 11) is 1.63. The normalized spacial score (nSPS) is 13.4. The van der Waals surface area contributed by atoms with Crippen LogP contribution in [0.25, 0.3) is 0 Å². The lowest BCUT2D eigenvalue weighted by atomic mass is 10.1. The van der Waals surface area contributed by atoms with Crippen molar-refractivity contribution in [3.8, 4) is 11.5 Å². The van der Waals surface area contributed by atoms with Gasteiger partial charge in [0.1, 0.15) is 11.5 Å². The topological polar surface area (TPSA) is 117 Å². The summed E-state index contributed by atoms with van der Waals surface area (Å²) >= 11 is 0. The van der Waals surface area contributed by atoms with Crippen molar-refractivity contribution in [2.45, 2.75) is 12.8 Å². The molecule has 0 saturated carbocycles. The Kier molecular flexibility index (Phi) is 10.7. The number of aryl methyl sites for hydroxylation is 1. The molecule has 0 unspecified atom stereocenters. The van der Waals surface area contributed by atoms with Gasteiger partial charge in [0, 0.05) is 26.2 Å². The minimum absolute atomic E-state index is 0.0507. The summed E-state index contributed by atoms with van der Waals surface area (Å²) in [4.78, 5) is 34.9. The number of carbonyl (C=O) groups excluding carboxylic acids is 1. The minimum Gasteiger partial charge on any atom is -0.497 e. The van der Waals surface area contributed by atoms with Gasteiger partial charge in [-0.15, -0.1) is 0 Å². The number of methoxy groups -OCH3 is 1. The molecule has 1 heterocycles. The highest BCUT2D eigenvalue weighted by molar-refractivity contribution is 6.27. The van der Waals surface area contributed by atoms with Gasteiger partial charge in [-0.3, -0.25) is 9.69 Å². The molecular formula is C24H30N2O7. The van der Waals surface area contributed by atoms with Crippen molar-refractivity contribution in [1.29, 1.82) is 0 Å². The van der Waals surface area contributed by atoms with Gasteiger partial charge in [-0.1, -0.05) is 30.3 Å². The van der Waals surface area contributed by atoms with Crippen molar-refractivity contribution >= 4 is 17.8 Å². The van der Waals surface area contributed by atoms with Crippen molar-refractivity contribution in [3.05, 3.63) is 60.2 Å². The van der Waals surface area contributed by atoms with Gasteiger partial charge in [0.25, 0.3) is 5.91 Å². The van der Waals surface area contributed by atoms with Crippen LogP contribution < -0.4 is 9.47 Å². The highest BCUT2D eigenvalue weighted by Gasteiger charge is 2.21. The van der Waals surface area contributed by atoms with Gasteiger partial charge in [-0.05, 0) is 49.2 Å². The summed E-state index contributed by atoms with van der Waals surface area (Å²) in [5.41, 5.74) is 1.39. The fraction of sp³-hybridized carbons (Fsp3) is 0.375. The zero-order valence-electron chi connectivity index (χ0n) is 18.7. The molecule has 0 spiro atoms. The van der Waals surface area contributed by atoms with Gasteiger partial charge in [0.2, 0.25) is 0 Å². The van der Waals surface area contributed by atoms with Crippen LogP contribution in [0.2, 0.25) is 0 Å². The summed E-state index contributed by atoms with van der Waals surface area (Å²) in [5, 5.41) is 14.8. The van der Waals surface area contributed by atoms with Gasteiger partial charge in [0.15, 0.2) is 6.61 Å². The second-order valence-electron chi connectivity index (χ2n) is 7.39. The van der Waals surface area contributed by atoms with Gasteiger partial charge in [-0.25, -0.2) is 9.59 Å². The number of rotatable bonds is 8. The number of ether oxygens (including phenoxy) is 2. The molecule has 1 fully saturated rings. The second kappa shape index (κ2) is 13.7.